The maximum atomic E-state index is 12.0. The second kappa shape index (κ2) is 9.05. The summed E-state index contributed by atoms with van der Waals surface area (Å²) >= 11 is 0. The van der Waals surface area contributed by atoms with Gasteiger partial charge in [0.15, 0.2) is 11.5 Å². The van der Waals surface area contributed by atoms with Crippen molar-refractivity contribution in [3.8, 4) is 11.5 Å². The largest absolute Gasteiger partial charge is 0.493 e. The third kappa shape index (κ3) is 5.83. The van der Waals surface area contributed by atoms with Crippen molar-refractivity contribution >= 4 is 11.9 Å². The lowest BCUT2D eigenvalue weighted by Gasteiger charge is -2.34. The van der Waals surface area contributed by atoms with Gasteiger partial charge in [-0.2, -0.15) is 0 Å². The number of carbonyl (C=O) groups is 2. The molecule has 2 aliphatic rings. The lowest BCUT2D eigenvalue weighted by molar-refractivity contribution is -0.121. The predicted molar refractivity (Wildman–Crippen MR) is 101 cm³/mol. The highest BCUT2D eigenvalue weighted by Gasteiger charge is 2.25. The highest BCUT2D eigenvalue weighted by atomic mass is 16.5. The number of rotatable bonds is 7. The second-order valence-electron chi connectivity index (χ2n) is 7.04. The molecule has 148 valence electrons. The van der Waals surface area contributed by atoms with Crippen LogP contribution in [0.5, 0.6) is 11.5 Å². The first-order chi connectivity index (χ1) is 13.1. The van der Waals surface area contributed by atoms with E-state index in [4.69, 9.17) is 9.47 Å². The van der Waals surface area contributed by atoms with Crippen molar-refractivity contribution in [2.24, 2.45) is 0 Å². The molecule has 1 saturated heterocycles. The second-order valence-corrected chi connectivity index (χ2v) is 7.04. The van der Waals surface area contributed by atoms with Crippen molar-refractivity contribution < 1.29 is 19.1 Å². The molecular weight excluding hydrogens is 348 g/mol. The van der Waals surface area contributed by atoms with Crippen molar-refractivity contribution in [1.82, 2.24) is 20.4 Å². The quantitative estimate of drug-likeness (QED) is 0.733. The highest BCUT2D eigenvalue weighted by molar-refractivity contribution is 5.95. The molecule has 1 aromatic rings. The third-order valence-electron chi connectivity index (χ3n) is 4.85. The van der Waals surface area contributed by atoms with Gasteiger partial charge in [-0.05, 0) is 30.5 Å². The molecule has 8 nitrogen and oxygen atoms in total. The van der Waals surface area contributed by atoms with Crippen LogP contribution in [-0.2, 0) is 11.3 Å². The summed E-state index contributed by atoms with van der Waals surface area (Å²) in [5, 5.41) is 5.16. The van der Waals surface area contributed by atoms with E-state index in [1.165, 1.54) is 0 Å². The Morgan fingerprint density at radius 3 is 2.33 bits per heavy atom. The van der Waals surface area contributed by atoms with Gasteiger partial charge in [0.25, 0.3) is 0 Å². The standard InChI is InChI=1S/C19H28N4O4/c1-26-16-6-3-14(11-17(16)27-2)12-22-7-9-23(10-8-22)13-18(24)21-19(25)20-15-4-5-15/h3,6,11,15H,4-5,7-10,12-13H2,1-2H3,(H2,20,21,24,25). The number of benzene rings is 1. The number of hydrogen-bond donors (Lipinski definition) is 2. The molecule has 3 amide bonds. The van der Waals surface area contributed by atoms with Gasteiger partial charge in [0.1, 0.15) is 0 Å². The van der Waals surface area contributed by atoms with Gasteiger partial charge >= 0.3 is 6.03 Å². The van der Waals surface area contributed by atoms with Crippen LogP contribution in [0.4, 0.5) is 4.79 Å². The molecular formula is C19H28N4O4. The first kappa shape index (κ1) is 19.4. The third-order valence-corrected chi connectivity index (χ3v) is 4.85. The Morgan fingerprint density at radius 1 is 1.04 bits per heavy atom. The normalized spacial score (nSPS) is 18.0. The number of nitrogens with zero attached hydrogens (tertiary/aromatic N) is 2. The molecule has 1 aliphatic heterocycles. The Hall–Kier alpha value is -2.32. The minimum Gasteiger partial charge on any atom is -0.493 e. The minimum atomic E-state index is -0.380. The monoisotopic (exact) mass is 376 g/mol. The molecule has 0 spiro atoms. The molecule has 0 bridgehead atoms. The maximum absolute atomic E-state index is 12.0. The van der Waals surface area contributed by atoms with Gasteiger partial charge in [-0.1, -0.05) is 6.07 Å². The fourth-order valence-electron chi connectivity index (χ4n) is 3.16. The zero-order valence-electron chi connectivity index (χ0n) is 16.0. The lowest BCUT2D eigenvalue weighted by Crippen LogP contribution is -2.50. The van der Waals surface area contributed by atoms with Crippen LogP contribution in [0.2, 0.25) is 0 Å². The molecule has 0 aromatic heterocycles. The summed E-state index contributed by atoms with van der Waals surface area (Å²) in [4.78, 5) is 28.0. The molecule has 1 heterocycles. The number of nitrogens with one attached hydrogen (secondary N) is 2. The molecule has 0 radical (unpaired) electrons. The Morgan fingerprint density at radius 2 is 1.70 bits per heavy atom. The first-order valence-corrected chi connectivity index (χ1v) is 9.33. The fourth-order valence-corrected chi connectivity index (χ4v) is 3.16. The number of methoxy groups -OCH3 is 2. The van der Waals surface area contributed by atoms with E-state index in [1.54, 1.807) is 14.2 Å². The first-order valence-electron chi connectivity index (χ1n) is 9.33. The number of carbonyl (C=O) groups excluding carboxylic acids is 2. The minimum absolute atomic E-state index is 0.248. The van der Waals surface area contributed by atoms with Crippen molar-refractivity contribution in [1.29, 1.82) is 0 Å². The molecule has 27 heavy (non-hydrogen) atoms. The van der Waals surface area contributed by atoms with Crippen molar-refractivity contribution in [3.63, 3.8) is 0 Å². The van der Waals surface area contributed by atoms with Crippen LogP contribution in [0.15, 0.2) is 18.2 Å². The Labute approximate surface area is 159 Å². The van der Waals surface area contributed by atoms with Gasteiger partial charge < -0.3 is 14.8 Å². The molecule has 3 rings (SSSR count). The van der Waals surface area contributed by atoms with Gasteiger partial charge in [-0.25, -0.2) is 4.79 Å². The van der Waals surface area contributed by atoms with Gasteiger partial charge in [0.05, 0.1) is 20.8 Å². The van der Waals surface area contributed by atoms with Crippen molar-refractivity contribution in [3.05, 3.63) is 23.8 Å². The molecule has 0 unspecified atom stereocenters. The van der Waals surface area contributed by atoms with Crippen LogP contribution in [0.3, 0.4) is 0 Å². The zero-order valence-corrected chi connectivity index (χ0v) is 16.0. The topological polar surface area (TPSA) is 83.1 Å². The van der Waals surface area contributed by atoms with E-state index in [-0.39, 0.29) is 24.5 Å². The molecule has 1 aromatic carbocycles. The molecule has 1 saturated carbocycles. The van der Waals surface area contributed by atoms with E-state index in [9.17, 15) is 9.59 Å². The van der Waals surface area contributed by atoms with Gasteiger partial charge in [0, 0.05) is 38.8 Å². The van der Waals surface area contributed by atoms with Gasteiger partial charge in [-0.3, -0.25) is 19.9 Å². The summed E-state index contributed by atoms with van der Waals surface area (Å²) in [5.74, 6) is 1.21. The summed E-state index contributed by atoms with van der Waals surface area (Å²) in [6, 6.07) is 5.82. The summed E-state index contributed by atoms with van der Waals surface area (Å²) in [5.41, 5.74) is 1.16. The summed E-state index contributed by atoms with van der Waals surface area (Å²) in [6.45, 7) is 4.41. The zero-order chi connectivity index (χ0) is 19.2. The number of ether oxygens (including phenoxy) is 2. The van der Waals surface area contributed by atoms with E-state index >= 15 is 0 Å². The Kier molecular flexibility index (Phi) is 6.52. The molecule has 0 atom stereocenters. The maximum Gasteiger partial charge on any atom is 0.321 e. The van der Waals surface area contributed by atoms with Crippen LogP contribution in [-0.4, -0.2) is 74.7 Å². The van der Waals surface area contributed by atoms with E-state index in [1.807, 2.05) is 18.2 Å². The van der Waals surface area contributed by atoms with Crippen LogP contribution in [0, 0.1) is 0 Å². The number of amides is 3. The SMILES string of the molecule is COc1ccc(CN2CCN(CC(=O)NC(=O)NC3CC3)CC2)cc1OC. The van der Waals surface area contributed by atoms with E-state index in [0.717, 1.165) is 62.6 Å². The Bertz CT molecular complexity index is 670. The summed E-state index contributed by atoms with van der Waals surface area (Å²) in [7, 11) is 3.26. The van der Waals surface area contributed by atoms with Crippen LogP contribution < -0.4 is 20.1 Å². The number of hydrogen-bond acceptors (Lipinski definition) is 6. The Balaban J connectivity index is 1.40. The molecule has 1 aliphatic carbocycles. The van der Waals surface area contributed by atoms with E-state index in [0.29, 0.717) is 0 Å². The fraction of sp³-hybridized carbons (Fsp3) is 0.579. The van der Waals surface area contributed by atoms with Crippen LogP contribution in [0.1, 0.15) is 18.4 Å². The smallest absolute Gasteiger partial charge is 0.321 e. The predicted octanol–water partition coefficient (Wildman–Crippen LogP) is 0.810. The molecule has 2 fully saturated rings. The average molecular weight is 376 g/mol. The highest BCUT2D eigenvalue weighted by Crippen LogP contribution is 2.28. The van der Waals surface area contributed by atoms with Crippen molar-refractivity contribution in [2.45, 2.75) is 25.4 Å². The number of urea groups is 1. The van der Waals surface area contributed by atoms with Gasteiger partial charge in [0.2, 0.25) is 5.91 Å². The summed E-state index contributed by atoms with van der Waals surface area (Å²) in [6.07, 6.45) is 2.01. The number of imide groups is 1. The van der Waals surface area contributed by atoms with Crippen LogP contribution in [0.25, 0.3) is 0 Å². The molecule has 2 N–H and O–H groups in total. The van der Waals surface area contributed by atoms with Crippen molar-refractivity contribution in [2.75, 3.05) is 46.9 Å². The lowest BCUT2D eigenvalue weighted by atomic mass is 10.1. The van der Waals surface area contributed by atoms with Gasteiger partial charge in [-0.15, -0.1) is 0 Å². The van der Waals surface area contributed by atoms with E-state index < -0.39 is 0 Å². The van der Waals surface area contributed by atoms with E-state index in [2.05, 4.69) is 20.4 Å². The summed E-state index contributed by atoms with van der Waals surface area (Å²) < 4.78 is 10.6. The average Bonchev–Trinajstić information content (AvgIpc) is 3.46. The molecule has 8 heteroatoms. The number of piperazine rings is 1. The van der Waals surface area contributed by atoms with Crippen LogP contribution >= 0.6 is 0 Å².